The van der Waals surface area contributed by atoms with E-state index in [2.05, 4.69) is 31.7 Å². The molecule has 43 heavy (non-hydrogen) atoms. The zero-order valence-electron chi connectivity index (χ0n) is 23.4. The summed E-state index contributed by atoms with van der Waals surface area (Å²) in [6, 6.07) is 25.9. The molecule has 0 bridgehead atoms. The topological polar surface area (TPSA) is 141 Å². The number of para-hydroxylation sites is 1. The van der Waals surface area contributed by atoms with E-state index in [-0.39, 0.29) is 18.7 Å². The number of nitrogens with zero attached hydrogens (tertiary/aromatic N) is 7. The maximum atomic E-state index is 12.7. The Balaban J connectivity index is 1.25. The molecular formula is C32H28N8O3. The molecule has 11 heteroatoms. The van der Waals surface area contributed by atoms with Gasteiger partial charge in [0.1, 0.15) is 17.5 Å². The van der Waals surface area contributed by atoms with Gasteiger partial charge >= 0.3 is 0 Å². The number of rotatable bonds is 11. The average Bonchev–Trinajstić information content (AvgIpc) is 3.77. The van der Waals surface area contributed by atoms with Crippen LogP contribution in [0.2, 0.25) is 0 Å². The summed E-state index contributed by atoms with van der Waals surface area (Å²) in [5.74, 6) is 0.744. The molecule has 1 saturated carbocycles. The van der Waals surface area contributed by atoms with Crippen molar-refractivity contribution in [3.8, 4) is 34.5 Å². The molecule has 0 spiro atoms. The first-order valence-corrected chi connectivity index (χ1v) is 13.8. The quantitative estimate of drug-likeness (QED) is 0.235. The highest BCUT2D eigenvalue weighted by Crippen LogP contribution is 2.42. The van der Waals surface area contributed by atoms with Crippen LogP contribution in [-0.2, 0) is 16.1 Å². The second-order valence-corrected chi connectivity index (χ2v) is 10.2. The summed E-state index contributed by atoms with van der Waals surface area (Å²) in [5, 5.41) is 20.8. The largest absolute Gasteiger partial charge is 0.484 e. The molecule has 1 aliphatic carbocycles. The first-order chi connectivity index (χ1) is 21.1. The number of methoxy groups -OCH3 is 1. The maximum Gasteiger partial charge on any atom is 0.264 e. The standard InChI is InChI=1S/C32H28N8O3/c1-42-31(22-13-14-22)26-12-6-9-24(34-26)18-40-19-29(38-39-40)28-16-27(23-8-5-7-21(15-23)17-33)35-32(36-28)37-30(41)20-43-25-10-3-2-4-11-25/h2-12,15-16,19,22,31H,13-14,18,20H2,1H3,(H,35,36,37,41). The Morgan fingerprint density at radius 3 is 2.60 bits per heavy atom. The predicted molar refractivity (Wildman–Crippen MR) is 158 cm³/mol. The maximum absolute atomic E-state index is 12.7. The number of ether oxygens (including phenoxy) is 2. The molecule has 1 amide bonds. The van der Waals surface area contributed by atoms with Gasteiger partial charge in [-0.1, -0.05) is 41.6 Å². The van der Waals surface area contributed by atoms with Gasteiger partial charge in [-0.2, -0.15) is 5.26 Å². The minimum Gasteiger partial charge on any atom is -0.484 e. The van der Waals surface area contributed by atoms with E-state index in [4.69, 9.17) is 14.5 Å². The highest BCUT2D eigenvalue weighted by molar-refractivity contribution is 5.90. The van der Waals surface area contributed by atoms with Crippen molar-refractivity contribution in [2.45, 2.75) is 25.5 Å². The van der Waals surface area contributed by atoms with Crippen LogP contribution in [-0.4, -0.2) is 49.6 Å². The Bertz CT molecular complexity index is 1780. The van der Waals surface area contributed by atoms with Gasteiger partial charge in [-0.25, -0.2) is 14.6 Å². The summed E-state index contributed by atoms with van der Waals surface area (Å²) < 4.78 is 12.9. The van der Waals surface area contributed by atoms with Crippen LogP contribution in [0.1, 0.15) is 35.9 Å². The smallest absolute Gasteiger partial charge is 0.264 e. The Labute approximate surface area is 248 Å². The zero-order valence-corrected chi connectivity index (χ0v) is 23.4. The molecule has 1 N–H and O–H groups in total. The number of carbonyl (C=O) groups is 1. The fourth-order valence-corrected chi connectivity index (χ4v) is 4.71. The molecule has 11 nitrogen and oxygen atoms in total. The number of pyridine rings is 1. The SMILES string of the molecule is COC(c1cccc(Cn2cc(-c3cc(-c4cccc(C#N)c4)nc(NC(=O)COc4ccccc4)n3)nn2)n1)C1CC1. The van der Waals surface area contributed by atoms with Gasteiger partial charge in [-0.05, 0) is 61.2 Å². The lowest BCUT2D eigenvalue weighted by atomic mass is 10.1. The van der Waals surface area contributed by atoms with Crippen LogP contribution in [0.15, 0.2) is 85.1 Å². The van der Waals surface area contributed by atoms with Gasteiger partial charge in [0.25, 0.3) is 5.91 Å². The number of amides is 1. The number of benzene rings is 2. The third-order valence-electron chi connectivity index (χ3n) is 6.93. The lowest BCUT2D eigenvalue weighted by Crippen LogP contribution is -2.21. The molecule has 214 valence electrons. The number of anilines is 1. The molecule has 1 fully saturated rings. The van der Waals surface area contributed by atoms with Gasteiger partial charge in [0.15, 0.2) is 6.61 Å². The van der Waals surface area contributed by atoms with Gasteiger partial charge < -0.3 is 9.47 Å². The van der Waals surface area contributed by atoms with Crippen LogP contribution in [0.3, 0.4) is 0 Å². The van der Waals surface area contributed by atoms with Crippen LogP contribution in [0, 0.1) is 17.2 Å². The van der Waals surface area contributed by atoms with E-state index < -0.39 is 5.91 Å². The molecule has 0 aliphatic heterocycles. The Hall–Kier alpha value is -5.47. The summed E-state index contributed by atoms with van der Waals surface area (Å²) in [7, 11) is 1.72. The van der Waals surface area contributed by atoms with Crippen LogP contribution >= 0.6 is 0 Å². The van der Waals surface area contributed by atoms with Crippen molar-refractivity contribution in [1.82, 2.24) is 29.9 Å². The van der Waals surface area contributed by atoms with Crippen molar-refractivity contribution in [1.29, 1.82) is 5.26 Å². The molecule has 5 aromatic rings. The first-order valence-electron chi connectivity index (χ1n) is 13.8. The van der Waals surface area contributed by atoms with Crippen molar-refractivity contribution < 1.29 is 14.3 Å². The molecule has 2 aromatic carbocycles. The lowest BCUT2D eigenvalue weighted by molar-refractivity contribution is -0.118. The molecular weight excluding hydrogens is 544 g/mol. The van der Waals surface area contributed by atoms with Crippen molar-refractivity contribution >= 4 is 11.9 Å². The van der Waals surface area contributed by atoms with Gasteiger partial charge in [-0.3, -0.25) is 15.1 Å². The van der Waals surface area contributed by atoms with Crippen LogP contribution in [0.25, 0.3) is 22.6 Å². The Kier molecular flexibility index (Phi) is 8.10. The second kappa shape index (κ2) is 12.6. The minimum atomic E-state index is -0.423. The average molecular weight is 573 g/mol. The summed E-state index contributed by atoms with van der Waals surface area (Å²) in [6.45, 7) is 0.189. The van der Waals surface area contributed by atoms with Gasteiger partial charge in [0, 0.05) is 12.7 Å². The van der Waals surface area contributed by atoms with Crippen molar-refractivity contribution in [2.75, 3.05) is 19.0 Å². The molecule has 3 heterocycles. The third kappa shape index (κ3) is 6.89. The van der Waals surface area contributed by atoms with Gasteiger partial charge in [-0.15, -0.1) is 5.10 Å². The van der Waals surface area contributed by atoms with E-state index >= 15 is 0 Å². The molecule has 0 saturated heterocycles. The highest BCUT2D eigenvalue weighted by atomic mass is 16.5. The number of hydrogen-bond acceptors (Lipinski definition) is 9. The fraction of sp³-hybridized carbons (Fsp3) is 0.219. The molecule has 6 rings (SSSR count). The van der Waals surface area contributed by atoms with E-state index in [1.54, 1.807) is 54.4 Å². The lowest BCUT2D eigenvalue weighted by Gasteiger charge is -2.14. The van der Waals surface area contributed by atoms with E-state index in [0.29, 0.717) is 46.4 Å². The van der Waals surface area contributed by atoms with Gasteiger partial charge in [0.2, 0.25) is 5.95 Å². The fourth-order valence-electron chi connectivity index (χ4n) is 4.71. The minimum absolute atomic E-state index is 0.00282. The van der Waals surface area contributed by atoms with Crippen molar-refractivity contribution in [3.05, 3.63) is 102 Å². The normalized spacial score (nSPS) is 13.2. The number of carbonyl (C=O) groups excluding carboxylic acids is 1. The summed E-state index contributed by atoms with van der Waals surface area (Å²) in [6.07, 6.45) is 4.07. The number of nitriles is 1. The van der Waals surface area contributed by atoms with E-state index in [1.807, 2.05) is 42.5 Å². The third-order valence-corrected chi connectivity index (χ3v) is 6.93. The number of nitrogens with one attached hydrogen (secondary N) is 1. The van der Waals surface area contributed by atoms with Crippen LogP contribution < -0.4 is 10.1 Å². The summed E-state index contributed by atoms with van der Waals surface area (Å²) in [5.41, 5.74) is 4.37. The van der Waals surface area contributed by atoms with Crippen molar-refractivity contribution in [2.24, 2.45) is 5.92 Å². The van der Waals surface area contributed by atoms with E-state index in [0.717, 1.165) is 24.2 Å². The Morgan fingerprint density at radius 2 is 1.81 bits per heavy atom. The molecule has 3 aromatic heterocycles. The number of hydrogen-bond donors (Lipinski definition) is 1. The first kappa shape index (κ1) is 27.7. The Morgan fingerprint density at radius 1 is 1.00 bits per heavy atom. The zero-order chi connectivity index (χ0) is 29.6. The molecule has 1 aliphatic rings. The van der Waals surface area contributed by atoms with Crippen molar-refractivity contribution in [3.63, 3.8) is 0 Å². The number of aromatic nitrogens is 6. The van der Waals surface area contributed by atoms with Gasteiger partial charge in [0.05, 0.1) is 47.1 Å². The summed E-state index contributed by atoms with van der Waals surface area (Å²) >= 11 is 0. The van der Waals surface area contributed by atoms with Crippen LogP contribution in [0.4, 0.5) is 5.95 Å². The molecule has 0 radical (unpaired) electrons. The second-order valence-electron chi connectivity index (χ2n) is 10.2. The van der Waals surface area contributed by atoms with Crippen LogP contribution in [0.5, 0.6) is 5.75 Å². The van der Waals surface area contributed by atoms with E-state index in [9.17, 15) is 10.1 Å². The van der Waals surface area contributed by atoms with E-state index in [1.165, 1.54) is 0 Å². The highest BCUT2D eigenvalue weighted by Gasteiger charge is 2.33. The summed E-state index contributed by atoms with van der Waals surface area (Å²) in [4.78, 5) is 26.6. The predicted octanol–water partition coefficient (Wildman–Crippen LogP) is 4.83. The monoisotopic (exact) mass is 572 g/mol. The molecule has 1 unspecified atom stereocenters. The molecule has 1 atom stereocenters.